The van der Waals surface area contributed by atoms with Crippen molar-refractivity contribution in [1.29, 1.82) is 0 Å². The minimum absolute atomic E-state index is 0.106. The van der Waals surface area contributed by atoms with Crippen LogP contribution in [0.15, 0.2) is 58.3 Å². The number of aliphatic imine (C=N–C) groups is 1. The molecule has 0 aliphatic carbocycles. The number of nitrogens with zero attached hydrogens (tertiary/aromatic N) is 2. The number of benzene rings is 2. The molecule has 134 valence electrons. The molecule has 0 bridgehead atoms. The molecule has 3 aromatic rings. The Morgan fingerprint density at radius 3 is 2.58 bits per heavy atom. The molecule has 1 N–H and O–H groups in total. The maximum atomic E-state index is 12.8. The quantitative estimate of drug-likeness (QED) is 0.647. The van der Waals surface area contributed by atoms with Crippen LogP contribution in [0.5, 0.6) is 0 Å². The minimum Gasteiger partial charge on any atom is -0.295 e. The van der Waals surface area contributed by atoms with E-state index in [0.717, 1.165) is 12.1 Å². The van der Waals surface area contributed by atoms with Crippen molar-refractivity contribution >= 4 is 23.5 Å². The molecule has 8 heteroatoms. The summed E-state index contributed by atoms with van der Waals surface area (Å²) in [6.07, 6.45) is -3.19. The number of aromatic nitrogens is 2. The number of alkyl halides is 3. The minimum atomic E-state index is -4.45. The molecule has 0 fully saturated rings. The van der Waals surface area contributed by atoms with Gasteiger partial charge in [-0.15, -0.1) is 0 Å². The van der Waals surface area contributed by atoms with E-state index in [9.17, 15) is 18.0 Å². The van der Waals surface area contributed by atoms with Gasteiger partial charge >= 0.3 is 6.18 Å². The number of halogens is 4. The van der Waals surface area contributed by atoms with Gasteiger partial charge in [0.15, 0.2) is 0 Å². The van der Waals surface area contributed by atoms with Crippen LogP contribution in [0.1, 0.15) is 16.8 Å². The van der Waals surface area contributed by atoms with E-state index in [1.807, 2.05) is 0 Å². The molecule has 3 rings (SSSR count). The van der Waals surface area contributed by atoms with E-state index in [-0.39, 0.29) is 16.8 Å². The van der Waals surface area contributed by atoms with E-state index >= 15 is 0 Å². The Kier molecular flexibility index (Phi) is 4.73. The van der Waals surface area contributed by atoms with Crippen LogP contribution < -0.4 is 5.56 Å². The van der Waals surface area contributed by atoms with Crippen molar-refractivity contribution in [3.63, 3.8) is 0 Å². The molecular formula is C18H13ClF3N3O. The fraction of sp³-hybridized carbons (Fsp3) is 0.111. The van der Waals surface area contributed by atoms with Gasteiger partial charge in [0.1, 0.15) is 0 Å². The largest absolute Gasteiger partial charge is 0.416 e. The molecule has 0 saturated heterocycles. The Morgan fingerprint density at radius 1 is 1.15 bits per heavy atom. The number of aryl methyl sites for hydroxylation is 1. The smallest absolute Gasteiger partial charge is 0.295 e. The highest BCUT2D eigenvalue weighted by atomic mass is 35.5. The van der Waals surface area contributed by atoms with Crippen LogP contribution in [-0.4, -0.2) is 16.0 Å². The number of rotatable bonds is 3. The summed E-state index contributed by atoms with van der Waals surface area (Å²) in [5.41, 5.74) is 0.265. The van der Waals surface area contributed by atoms with Crippen molar-refractivity contribution < 1.29 is 13.2 Å². The standard InChI is InChI=1S/C18H13ClF3N3O/c1-11-16(10-23-14-6-2-4-12(8-14)18(20,21)22)17(26)25(24-11)15-7-3-5-13(19)9-15/h2-10,24H,1H3. The molecule has 26 heavy (non-hydrogen) atoms. The van der Waals surface area contributed by atoms with Gasteiger partial charge in [-0.2, -0.15) is 13.2 Å². The van der Waals surface area contributed by atoms with Crippen molar-refractivity contribution in [2.75, 3.05) is 0 Å². The molecule has 0 spiro atoms. The number of hydrogen-bond acceptors (Lipinski definition) is 2. The van der Waals surface area contributed by atoms with Gasteiger partial charge in [-0.1, -0.05) is 23.7 Å². The summed E-state index contributed by atoms with van der Waals surface area (Å²) in [7, 11) is 0. The number of hydrogen-bond donors (Lipinski definition) is 1. The van der Waals surface area contributed by atoms with Crippen LogP contribution in [-0.2, 0) is 6.18 Å². The fourth-order valence-corrected chi connectivity index (χ4v) is 2.59. The summed E-state index contributed by atoms with van der Waals surface area (Å²) in [5.74, 6) is 0. The maximum Gasteiger partial charge on any atom is 0.416 e. The fourth-order valence-electron chi connectivity index (χ4n) is 2.41. The highest BCUT2D eigenvalue weighted by molar-refractivity contribution is 6.30. The normalized spacial score (nSPS) is 12.0. The number of aromatic amines is 1. The third-order valence-electron chi connectivity index (χ3n) is 3.70. The zero-order valence-corrected chi connectivity index (χ0v) is 14.3. The average molecular weight is 380 g/mol. The first-order valence-electron chi connectivity index (χ1n) is 7.54. The molecule has 1 aromatic heterocycles. The van der Waals surface area contributed by atoms with Gasteiger partial charge in [0.05, 0.1) is 22.5 Å². The molecule has 0 unspecified atom stereocenters. The molecular weight excluding hydrogens is 367 g/mol. The first kappa shape index (κ1) is 18.0. The van der Waals surface area contributed by atoms with Crippen LogP contribution in [0.4, 0.5) is 18.9 Å². The predicted molar refractivity (Wildman–Crippen MR) is 94.8 cm³/mol. The van der Waals surface area contributed by atoms with Gasteiger partial charge in [-0.3, -0.25) is 14.9 Å². The molecule has 0 amide bonds. The highest BCUT2D eigenvalue weighted by Crippen LogP contribution is 2.31. The van der Waals surface area contributed by atoms with Gasteiger partial charge < -0.3 is 0 Å². The van der Waals surface area contributed by atoms with Crippen LogP contribution in [0.3, 0.4) is 0 Å². The second kappa shape index (κ2) is 6.84. The number of nitrogens with one attached hydrogen (secondary N) is 1. The molecule has 0 aliphatic heterocycles. The first-order valence-corrected chi connectivity index (χ1v) is 7.92. The van der Waals surface area contributed by atoms with E-state index in [2.05, 4.69) is 10.1 Å². The van der Waals surface area contributed by atoms with E-state index in [4.69, 9.17) is 11.6 Å². The van der Waals surface area contributed by atoms with Crippen LogP contribution >= 0.6 is 11.6 Å². The van der Waals surface area contributed by atoms with Crippen LogP contribution in [0, 0.1) is 6.92 Å². The van der Waals surface area contributed by atoms with Gasteiger partial charge in [-0.25, -0.2) is 4.68 Å². The maximum absolute atomic E-state index is 12.8. The lowest BCUT2D eigenvalue weighted by molar-refractivity contribution is -0.137. The summed E-state index contributed by atoms with van der Waals surface area (Å²) in [6.45, 7) is 1.68. The summed E-state index contributed by atoms with van der Waals surface area (Å²) in [4.78, 5) is 16.6. The summed E-state index contributed by atoms with van der Waals surface area (Å²) < 4.78 is 39.6. The van der Waals surface area contributed by atoms with Gasteiger partial charge in [0.25, 0.3) is 5.56 Å². The lowest BCUT2D eigenvalue weighted by Crippen LogP contribution is -2.17. The zero-order chi connectivity index (χ0) is 18.9. The Bertz CT molecular complexity index is 1030. The molecule has 0 radical (unpaired) electrons. The SMILES string of the molecule is Cc1[nH]n(-c2cccc(Cl)c2)c(=O)c1C=Nc1cccc(C(F)(F)F)c1. The molecule has 0 aliphatic rings. The molecule has 4 nitrogen and oxygen atoms in total. The first-order chi connectivity index (χ1) is 12.3. The second-order valence-corrected chi connectivity index (χ2v) is 6.01. The highest BCUT2D eigenvalue weighted by Gasteiger charge is 2.30. The van der Waals surface area contributed by atoms with E-state index < -0.39 is 11.7 Å². The molecule has 0 saturated carbocycles. The third-order valence-corrected chi connectivity index (χ3v) is 3.93. The predicted octanol–water partition coefficient (Wildman–Crippen LogP) is 4.90. The van der Waals surface area contributed by atoms with Crippen molar-refractivity contribution in [2.45, 2.75) is 13.1 Å². The topological polar surface area (TPSA) is 50.1 Å². The van der Waals surface area contributed by atoms with Crippen LogP contribution in [0.2, 0.25) is 5.02 Å². The Hall–Kier alpha value is -2.80. The summed E-state index contributed by atoms with van der Waals surface area (Å²) >= 11 is 5.94. The van der Waals surface area contributed by atoms with Crippen LogP contribution in [0.25, 0.3) is 5.69 Å². The van der Waals surface area contributed by atoms with Crippen molar-refractivity contribution in [3.05, 3.63) is 80.7 Å². The lowest BCUT2D eigenvalue weighted by atomic mass is 10.2. The van der Waals surface area contributed by atoms with Crippen molar-refractivity contribution in [1.82, 2.24) is 9.78 Å². The van der Waals surface area contributed by atoms with Gasteiger partial charge in [0, 0.05) is 16.9 Å². The summed E-state index contributed by atoms with van der Waals surface area (Å²) in [6, 6.07) is 11.3. The second-order valence-electron chi connectivity index (χ2n) is 5.58. The molecule has 1 heterocycles. The van der Waals surface area contributed by atoms with E-state index in [1.54, 1.807) is 31.2 Å². The molecule has 2 aromatic carbocycles. The monoisotopic (exact) mass is 379 g/mol. The Morgan fingerprint density at radius 2 is 1.88 bits per heavy atom. The van der Waals surface area contributed by atoms with Gasteiger partial charge in [0.2, 0.25) is 0 Å². The number of H-pyrrole nitrogens is 1. The average Bonchev–Trinajstić information content (AvgIpc) is 2.87. The molecule has 0 atom stereocenters. The Balaban J connectivity index is 1.97. The van der Waals surface area contributed by atoms with Crippen molar-refractivity contribution in [3.8, 4) is 5.69 Å². The van der Waals surface area contributed by atoms with Crippen molar-refractivity contribution in [2.24, 2.45) is 4.99 Å². The third kappa shape index (κ3) is 3.72. The Labute approximate surface area is 151 Å². The van der Waals surface area contributed by atoms with Gasteiger partial charge in [-0.05, 0) is 43.3 Å². The summed E-state index contributed by atoms with van der Waals surface area (Å²) in [5, 5.41) is 3.38. The zero-order valence-electron chi connectivity index (χ0n) is 13.5. The van der Waals surface area contributed by atoms with E-state index in [0.29, 0.717) is 16.4 Å². The lowest BCUT2D eigenvalue weighted by Gasteiger charge is -2.06. The van der Waals surface area contributed by atoms with E-state index in [1.165, 1.54) is 23.0 Å².